The van der Waals surface area contributed by atoms with Gasteiger partial charge in [-0.25, -0.2) is 4.98 Å². The number of rotatable bonds is 7. The van der Waals surface area contributed by atoms with Gasteiger partial charge in [-0.05, 0) is 67.6 Å². The topological polar surface area (TPSA) is 103 Å². The average Bonchev–Trinajstić information content (AvgIpc) is 2.84. The maximum absolute atomic E-state index is 12.9. The number of likely N-dealkylation sites (tertiary alicyclic amines) is 1. The van der Waals surface area contributed by atoms with E-state index in [9.17, 15) is 4.79 Å². The zero-order valence-electron chi connectivity index (χ0n) is 19.6. The molecule has 0 radical (unpaired) electrons. The standard InChI is InChI=1S/C26H30N6O2/c1-17-10-18(2)34-31-24(17)16-32-8-6-19(7-9-32)26(33)30-25-12-22-11-20(23(13-27)14-28-3)4-5-21(22)15-29-25/h4-5,10-15,19,27-28H,1,6-9,16H2,2-3H3,(H,29,30,33)/b23-14+,27-13?. The lowest BCUT2D eigenvalue weighted by Crippen LogP contribution is -2.41. The van der Waals surface area contributed by atoms with Crippen LogP contribution in [0, 0.1) is 11.3 Å². The number of nitrogens with zero attached hydrogens (tertiary/aromatic N) is 3. The lowest BCUT2D eigenvalue weighted by atomic mass is 9.95. The Morgan fingerprint density at radius 1 is 1.29 bits per heavy atom. The summed E-state index contributed by atoms with van der Waals surface area (Å²) in [6.07, 6.45) is 8.30. The van der Waals surface area contributed by atoms with E-state index in [-0.39, 0.29) is 11.8 Å². The molecule has 0 aliphatic carbocycles. The molecular weight excluding hydrogens is 428 g/mol. The van der Waals surface area contributed by atoms with Gasteiger partial charge < -0.3 is 20.9 Å². The molecule has 1 aromatic heterocycles. The monoisotopic (exact) mass is 458 g/mol. The minimum atomic E-state index is -0.0574. The molecule has 176 valence electrons. The molecule has 34 heavy (non-hydrogen) atoms. The van der Waals surface area contributed by atoms with Crippen LogP contribution in [0.1, 0.15) is 25.3 Å². The van der Waals surface area contributed by atoms with Crippen molar-refractivity contribution < 1.29 is 9.63 Å². The SMILES string of the molecule is C=C1C=C(C)ON=C1CN1CCC(C(=O)Nc2cc3cc(/C(C=N)=C/NC)ccc3cn2)CC1. The summed E-state index contributed by atoms with van der Waals surface area (Å²) in [4.78, 5) is 24.9. The second kappa shape index (κ2) is 10.4. The number of amides is 1. The molecule has 2 aliphatic rings. The van der Waals surface area contributed by atoms with Gasteiger partial charge in [-0.3, -0.25) is 9.69 Å². The van der Waals surface area contributed by atoms with E-state index < -0.39 is 0 Å². The van der Waals surface area contributed by atoms with E-state index in [1.165, 1.54) is 6.21 Å². The number of pyridine rings is 1. The molecule has 8 heteroatoms. The molecule has 0 saturated carbocycles. The van der Waals surface area contributed by atoms with Crippen LogP contribution in [0.15, 0.2) is 65.8 Å². The molecule has 0 bridgehead atoms. The Morgan fingerprint density at radius 3 is 2.79 bits per heavy atom. The molecule has 1 amide bonds. The van der Waals surface area contributed by atoms with Gasteiger partial charge in [0, 0.05) is 49.1 Å². The van der Waals surface area contributed by atoms with Crippen LogP contribution < -0.4 is 10.6 Å². The molecule has 2 aliphatic heterocycles. The second-order valence-electron chi connectivity index (χ2n) is 8.61. The number of nitrogens with one attached hydrogen (secondary N) is 3. The average molecular weight is 459 g/mol. The number of hydrogen-bond donors (Lipinski definition) is 3. The van der Waals surface area contributed by atoms with Gasteiger partial charge in [0.2, 0.25) is 5.91 Å². The first-order chi connectivity index (χ1) is 16.5. The molecule has 3 N–H and O–H groups in total. The van der Waals surface area contributed by atoms with Gasteiger partial charge in [0.05, 0.1) is 0 Å². The smallest absolute Gasteiger partial charge is 0.228 e. The predicted octanol–water partition coefficient (Wildman–Crippen LogP) is 3.94. The molecule has 2 aromatic rings. The highest BCUT2D eigenvalue weighted by Gasteiger charge is 2.26. The zero-order valence-corrected chi connectivity index (χ0v) is 19.6. The van der Waals surface area contributed by atoms with Gasteiger partial charge in [0.25, 0.3) is 0 Å². The fourth-order valence-electron chi connectivity index (χ4n) is 4.22. The number of fused-ring (bicyclic) bond motifs is 1. The number of allylic oxidation sites excluding steroid dienone is 3. The summed E-state index contributed by atoms with van der Waals surface area (Å²) in [5.74, 6) is 1.22. The van der Waals surface area contributed by atoms with Gasteiger partial charge in [-0.1, -0.05) is 23.9 Å². The number of carbonyl (C=O) groups is 1. The van der Waals surface area contributed by atoms with Crippen LogP contribution in [-0.4, -0.2) is 54.4 Å². The van der Waals surface area contributed by atoms with Crippen LogP contribution in [0.4, 0.5) is 5.82 Å². The van der Waals surface area contributed by atoms with Gasteiger partial charge in [-0.15, -0.1) is 0 Å². The van der Waals surface area contributed by atoms with Crippen LogP contribution in [0.25, 0.3) is 16.3 Å². The summed E-state index contributed by atoms with van der Waals surface area (Å²) in [5, 5.41) is 19.7. The van der Waals surface area contributed by atoms with Crippen molar-refractivity contribution in [3.05, 3.63) is 66.2 Å². The van der Waals surface area contributed by atoms with Crippen molar-refractivity contribution in [2.45, 2.75) is 19.8 Å². The largest absolute Gasteiger partial charge is 0.393 e. The van der Waals surface area contributed by atoms with E-state index in [2.05, 4.69) is 32.3 Å². The molecule has 4 rings (SSSR count). The fourth-order valence-corrected chi connectivity index (χ4v) is 4.22. The highest BCUT2D eigenvalue weighted by Crippen LogP contribution is 2.24. The first kappa shape index (κ1) is 23.4. The van der Waals surface area contributed by atoms with Crippen molar-refractivity contribution in [3.63, 3.8) is 0 Å². The number of anilines is 1. The summed E-state index contributed by atoms with van der Waals surface area (Å²) < 4.78 is 0. The van der Waals surface area contributed by atoms with Gasteiger partial charge >= 0.3 is 0 Å². The second-order valence-corrected chi connectivity index (χ2v) is 8.61. The number of hydrogen-bond acceptors (Lipinski definition) is 7. The molecule has 3 heterocycles. The maximum Gasteiger partial charge on any atom is 0.228 e. The fraction of sp³-hybridized carbons (Fsp3) is 0.308. The Labute approximate surface area is 199 Å². The summed E-state index contributed by atoms with van der Waals surface area (Å²) >= 11 is 0. The Kier molecular flexibility index (Phi) is 7.18. The van der Waals surface area contributed by atoms with Crippen molar-refractivity contribution >= 4 is 40.0 Å². The molecule has 0 atom stereocenters. The quantitative estimate of drug-likeness (QED) is 0.546. The maximum atomic E-state index is 12.9. The van der Waals surface area contributed by atoms with Crippen molar-refractivity contribution in [1.29, 1.82) is 5.41 Å². The third-order valence-corrected chi connectivity index (χ3v) is 6.14. The number of benzene rings is 1. The van der Waals surface area contributed by atoms with Crippen molar-refractivity contribution in [1.82, 2.24) is 15.2 Å². The molecule has 8 nitrogen and oxygen atoms in total. The Bertz CT molecular complexity index is 1200. The number of aromatic nitrogens is 1. The highest BCUT2D eigenvalue weighted by atomic mass is 16.6. The number of oxime groups is 1. The lowest BCUT2D eigenvalue weighted by Gasteiger charge is -2.31. The number of carbonyl (C=O) groups excluding carboxylic acids is 1. The summed E-state index contributed by atoms with van der Waals surface area (Å²) in [7, 11) is 1.81. The molecule has 0 unspecified atom stereocenters. The zero-order chi connectivity index (χ0) is 24.1. The Morgan fingerprint density at radius 2 is 2.09 bits per heavy atom. The summed E-state index contributed by atoms with van der Waals surface area (Å²) in [5.41, 5.74) is 3.42. The van der Waals surface area contributed by atoms with E-state index in [0.717, 1.165) is 64.9 Å². The lowest BCUT2D eigenvalue weighted by molar-refractivity contribution is -0.121. The van der Waals surface area contributed by atoms with Crippen LogP contribution >= 0.6 is 0 Å². The highest BCUT2D eigenvalue weighted by molar-refractivity contribution is 6.09. The van der Waals surface area contributed by atoms with Gasteiger partial charge in [-0.2, -0.15) is 0 Å². The molecule has 1 fully saturated rings. The molecule has 1 saturated heterocycles. The van der Waals surface area contributed by atoms with Crippen LogP contribution in [0.3, 0.4) is 0 Å². The minimum Gasteiger partial charge on any atom is -0.393 e. The van der Waals surface area contributed by atoms with E-state index in [4.69, 9.17) is 10.2 Å². The van der Waals surface area contributed by atoms with Gasteiger partial charge in [0.15, 0.2) is 0 Å². The first-order valence-electron chi connectivity index (χ1n) is 11.4. The Balaban J connectivity index is 1.36. The molecular formula is C26H30N6O2. The van der Waals surface area contributed by atoms with E-state index in [1.54, 1.807) is 19.4 Å². The van der Waals surface area contributed by atoms with Crippen LogP contribution in [0.2, 0.25) is 0 Å². The first-order valence-corrected chi connectivity index (χ1v) is 11.4. The molecule has 0 spiro atoms. The van der Waals surface area contributed by atoms with Crippen LogP contribution in [-0.2, 0) is 9.63 Å². The minimum absolute atomic E-state index is 0.000720. The van der Waals surface area contributed by atoms with Crippen LogP contribution in [0.5, 0.6) is 0 Å². The normalized spacial score (nSPS) is 17.6. The summed E-state index contributed by atoms with van der Waals surface area (Å²) in [6.45, 7) is 8.20. The third kappa shape index (κ3) is 5.40. The van der Waals surface area contributed by atoms with Crippen molar-refractivity contribution in [3.8, 4) is 0 Å². The Hall–Kier alpha value is -3.78. The third-order valence-electron chi connectivity index (χ3n) is 6.14. The predicted molar refractivity (Wildman–Crippen MR) is 137 cm³/mol. The number of piperidine rings is 1. The van der Waals surface area contributed by atoms with E-state index in [0.29, 0.717) is 12.4 Å². The molecule has 1 aromatic carbocycles. The van der Waals surface area contributed by atoms with Crippen molar-refractivity contribution in [2.75, 3.05) is 32.0 Å². The van der Waals surface area contributed by atoms with E-state index in [1.807, 2.05) is 37.3 Å². The summed E-state index contributed by atoms with van der Waals surface area (Å²) in [6, 6.07) is 7.82. The van der Waals surface area contributed by atoms with Crippen molar-refractivity contribution in [2.24, 2.45) is 11.1 Å². The van der Waals surface area contributed by atoms with E-state index >= 15 is 0 Å². The van der Waals surface area contributed by atoms with Gasteiger partial charge in [0.1, 0.15) is 17.3 Å².